The van der Waals surface area contributed by atoms with Gasteiger partial charge in [-0.25, -0.2) is 18.2 Å². The van der Waals surface area contributed by atoms with Crippen LogP contribution in [0, 0.1) is 5.82 Å². The van der Waals surface area contributed by atoms with E-state index in [1.54, 1.807) is 17.0 Å². The van der Waals surface area contributed by atoms with Gasteiger partial charge in [0.25, 0.3) is 6.43 Å². The first-order valence-corrected chi connectivity index (χ1v) is 9.26. The first-order valence-electron chi connectivity index (χ1n) is 8.47. The summed E-state index contributed by atoms with van der Waals surface area (Å²) in [7, 11) is 0. The number of hydrogen-bond donors (Lipinski definition) is 2. The largest absolute Gasteiger partial charge is 0.357 e. The first-order chi connectivity index (χ1) is 12.0. The number of likely N-dealkylation sites (tertiary alicyclic amines) is 1. The Morgan fingerprint density at radius 1 is 1.36 bits per heavy atom. The minimum Gasteiger partial charge on any atom is -0.357 e. The molecule has 0 unspecified atom stereocenters. The van der Waals surface area contributed by atoms with E-state index in [1.165, 1.54) is 6.07 Å². The number of aliphatic imine (C=N–C) groups is 1. The fourth-order valence-electron chi connectivity index (χ4n) is 2.78. The quantitative estimate of drug-likeness (QED) is 0.547. The van der Waals surface area contributed by atoms with Crippen molar-refractivity contribution in [1.82, 2.24) is 15.5 Å². The van der Waals surface area contributed by atoms with Crippen LogP contribution >= 0.6 is 15.9 Å². The second-order valence-electron chi connectivity index (χ2n) is 6.04. The normalized spacial score (nSPS) is 17.1. The Hall–Kier alpha value is -1.28. The Labute approximate surface area is 155 Å². The molecule has 1 fully saturated rings. The summed E-state index contributed by atoms with van der Waals surface area (Å²) in [6.45, 7) is 4.01. The van der Waals surface area contributed by atoms with E-state index >= 15 is 0 Å². The lowest BCUT2D eigenvalue weighted by atomic mass is 10.1. The van der Waals surface area contributed by atoms with Gasteiger partial charge in [-0.2, -0.15) is 0 Å². The van der Waals surface area contributed by atoms with Gasteiger partial charge in [0, 0.05) is 35.7 Å². The Balaban J connectivity index is 1.90. The Morgan fingerprint density at radius 3 is 2.68 bits per heavy atom. The molecule has 1 saturated heterocycles. The lowest BCUT2D eigenvalue weighted by Gasteiger charge is -2.32. The van der Waals surface area contributed by atoms with E-state index in [0.29, 0.717) is 35.6 Å². The minimum atomic E-state index is -2.29. The van der Waals surface area contributed by atoms with Gasteiger partial charge >= 0.3 is 0 Å². The average Bonchev–Trinajstić information content (AvgIpc) is 2.55. The molecule has 2 rings (SSSR count). The van der Waals surface area contributed by atoms with E-state index in [4.69, 9.17) is 0 Å². The predicted molar refractivity (Wildman–Crippen MR) is 97.5 cm³/mol. The molecule has 2 N–H and O–H groups in total. The van der Waals surface area contributed by atoms with E-state index < -0.39 is 6.43 Å². The Morgan fingerprint density at radius 2 is 2.08 bits per heavy atom. The van der Waals surface area contributed by atoms with Gasteiger partial charge in [0.05, 0.1) is 13.1 Å². The molecule has 0 saturated carbocycles. The topological polar surface area (TPSA) is 39.7 Å². The molecule has 0 aliphatic carbocycles. The summed E-state index contributed by atoms with van der Waals surface area (Å²) in [6.07, 6.45) is -0.725. The molecular formula is C17H24BrF3N4. The molecule has 8 heteroatoms. The van der Waals surface area contributed by atoms with Crippen molar-refractivity contribution < 1.29 is 13.2 Å². The molecule has 1 heterocycles. The number of benzene rings is 1. The van der Waals surface area contributed by atoms with Crippen LogP contribution in [0.3, 0.4) is 0 Å². The highest BCUT2D eigenvalue weighted by Crippen LogP contribution is 2.16. The maximum absolute atomic E-state index is 13.9. The van der Waals surface area contributed by atoms with Crippen LogP contribution in [0.25, 0.3) is 0 Å². The number of guanidine groups is 1. The van der Waals surface area contributed by atoms with Crippen molar-refractivity contribution in [3.8, 4) is 0 Å². The third kappa shape index (κ3) is 6.86. The van der Waals surface area contributed by atoms with E-state index in [2.05, 4.69) is 31.6 Å². The van der Waals surface area contributed by atoms with Crippen LogP contribution in [0.15, 0.2) is 27.7 Å². The summed E-state index contributed by atoms with van der Waals surface area (Å²) in [6, 6.07) is 5.09. The standard InChI is InChI=1S/C17H24BrF3N4/c1-2-22-17(23-10-12-3-4-13(18)9-15(12)19)24-14-5-7-25(8-6-14)11-16(20)21/h3-4,9,14,16H,2,5-8,10-11H2,1H3,(H2,22,23,24). The molecule has 0 radical (unpaired) electrons. The smallest absolute Gasteiger partial charge is 0.251 e. The number of nitrogens with zero attached hydrogens (tertiary/aromatic N) is 2. The Kier molecular flexibility index (Phi) is 8.02. The second-order valence-corrected chi connectivity index (χ2v) is 6.96. The van der Waals surface area contributed by atoms with Crippen molar-refractivity contribution >= 4 is 21.9 Å². The van der Waals surface area contributed by atoms with Crippen LogP contribution in [0.2, 0.25) is 0 Å². The summed E-state index contributed by atoms with van der Waals surface area (Å²) in [5.41, 5.74) is 0.521. The highest BCUT2D eigenvalue weighted by molar-refractivity contribution is 9.10. The fraction of sp³-hybridized carbons (Fsp3) is 0.588. The molecular weight excluding hydrogens is 397 g/mol. The van der Waals surface area contributed by atoms with Crippen LogP contribution < -0.4 is 10.6 Å². The summed E-state index contributed by atoms with van der Waals surface area (Å²) in [5, 5.41) is 6.47. The van der Waals surface area contributed by atoms with E-state index in [-0.39, 0.29) is 24.9 Å². The zero-order chi connectivity index (χ0) is 18.2. The molecule has 1 aromatic rings. The SMILES string of the molecule is CCNC(=NCc1ccc(Br)cc1F)NC1CCN(CC(F)F)CC1. The van der Waals surface area contributed by atoms with Crippen molar-refractivity contribution in [3.05, 3.63) is 34.1 Å². The maximum Gasteiger partial charge on any atom is 0.251 e. The van der Waals surface area contributed by atoms with Crippen molar-refractivity contribution in [2.45, 2.75) is 38.8 Å². The van der Waals surface area contributed by atoms with Gasteiger partial charge in [0.2, 0.25) is 0 Å². The maximum atomic E-state index is 13.9. The minimum absolute atomic E-state index is 0.163. The molecule has 4 nitrogen and oxygen atoms in total. The fourth-order valence-corrected chi connectivity index (χ4v) is 3.12. The molecule has 25 heavy (non-hydrogen) atoms. The molecule has 1 aliphatic rings. The first kappa shape index (κ1) is 20.0. The molecule has 140 valence electrons. The third-order valence-corrected chi connectivity index (χ3v) is 4.58. The lowest BCUT2D eigenvalue weighted by molar-refractivity contribution is 0.0744. The Bertz CT molecular complexity index is 575. The van der Waals surface area contributed by atoms with Gasteiger partial charge in [-0.05, 0) is 31.9 Å². The number of alkyl halides is 2. The molecule has 0 atom stereocenters. The van der Waals surface area contributed by atoms with Gasteiger partial charge in [-0.1, -0.05) is 22.0 Å². The van der Waals surface area contributed by atoms with Gasteiger partial charge in [-0.3, -0.25) is 4.90 Å². The van der Waals surface area contributed by atoms with Crippen LogP contribution in [0.1, 0.15) is 25.3 Å². The number of halogens is 4. The van der Waals surface area contributed by atoms with E-state index in [9.17, 15) is 13.2 Å². The molecule has 1 aliphatic heterocycles. The molecule has 0 spiro atoms. The van der Waals surface area contributed by atoms with Gasteiger partial charge in [0.15, 0.2) is 5.96 Å². The summed E-state index contributed by atoms with van der Waals surface area (Å²) < 4.78 is 39.4. The van der Waals surface area contributed by atoms with Crippen LogP contribution in [0.5, 0.6) is 0 Å². The monoisotopic (exact) mass is 420 g/mol. The number of piperidine rings is 1. The van der Waals surface area contributed by atoms with Gasteiger partial charge in [0.1, 0.15) is 5.82 Å². The molecule has 0 aromatic heterocycles. The van der Waals surface area contributed by atoms with Crippen LogP contribution in [0.4, 0.5) is 13.2 Å². The molecule has 0 amide bonds. The predicted octanol–water partition coefficient (Wildman–Crippen LogP) is 3.37. The highest BCUT2D eigenvalue weighted by Gasteiger charge is 2.21. The average molecular weight is 421 g/mol. The van der Waals surface area contributed by atoms with Gasteiger partial charge < -0.3 is 10.6 Å². The molecule has 1 aromatic carbocycles. The summed E-state index contributed by atoms with van der Waals surface area (Å²) >= 11 is 3.24. The van der Waals surface area contributed by atoms with E-state index in [0.717, 1.165) is 12.8 Å². The lowest BCUT2D eigenvalue weighted by Crippen LogP contribution is -2.49. The number of hydrogen-bond acceptors (Lipinski definition) is 2. The van der Waals surface area contributed by atoms with Crippen molar-refractivity contribution in [2.24, 2.45) is 4.99 Å². The second kappa shape index (κ2) is 10.0. The van der Waals surface area contributed by atoms with Crippen LogP contribution in [-0.2, 0) is 6.54 Å². The zero-order valence-electron chi connectivity index (χ0n) is 14.2. The molecule has 0 bridgehead atoms. The van der Waals surface area contributed by atoms with E-state index in [1.807, 2.05) is 6.92 Å². The number of nitrogens with one attached hydrogen (secondary N) is 2. The van der Waals surface area contributed by atoms with Crippen molar-refractivity contribution in [2.75, 3.05) is 26.2 Å². The van der Waals surface area contributed by atoms with Gasteiger partial charge in [-0.15, -0.1) is 0 Å². The van der Waals surface area contributed by atoms with Crippen molar-refractivity contribution in [3.63, 3.8) is 0 Å². The third-order valence-electron chi connectivity index (χ3n) is 4.09. The highest BCUT2D eigenvalue weighted by atomic mass is 79.9. The van der Waals surface area contributed by atoms with Crippen LogP contribution in [-0.4, -0.2) is 49.5 Å². The zero-order valence-corrected chi connectivity index (χ0v) is 15.8. The van der Waals surface area contributed by atoms with Crippen molar-refractivity contribution in [1.29, 1.82) is 0 Å². The summed E-state index contributed by atoms with van der Waals surface area (Å²) in [4.78, 5) is 6.22. The number of rotatable bonds is 6. The summed E-state index contributed by atoms with van der Waals surface area (Å²) in [5.74, 6) is 0.325.